The van der Waals surface area contributed by atoms with E-state index in [0.29, 0.717) is 17.2 Å². The smallest absolute Gasteiger partial charge is 0.256 e. The highest BCUT2D eigenvalue weighted by molar-refractivity contribution is 5.98. The summed E-state index contributed by atoms with van der Waals surface area (Å²) < 4.78 is 7.31. The summed E-state index contributed by atoms with van der Waals surface area (Å²) in [5, 5.41) is 12.4. The number of nitrogens with zero attached hydrogens (tertiary/aromatic N) is 3. The number of furan rings is 1. The Bertz CT molecular complexity index is 1060. The molecule has 0 saturated carbocycles. The normalized spacial score (nSPS) is 10.4. The minimum atomic E-state index is -0.402. The Kier molecular flexibility index (Phi) is 5.32. The highest BCUT2D eigenvalue weighted by Gasteiger charge is 2.24. The van der Waals surface area contributed by atoms with Crippen molar-refractivity contribution >= 4 is 11.8 Å². The summed E-state index contributed by atoms with van der Waals surface area (Å²) in [5.74, 6) is 0.172. The molecule has 0 bridgehead atoms. The summed E-state index contributed by atoms with van der Waals surface area (Å²) in [6.45, 7) is 1.88. The largest absolute Gasteiger partial charge is 0.443 e. The Morgan fingerprint density at radius 1 is 1.21 bits per heavy atom. The van der Waals surface area contributed by atoms with Crippen molar-refractivity contribution in [2.24, 2.45) is 0 Å². The van der Waals surface area contributed by atoms with E-state index in [0.717, 1.165) is 5.56 Å². The zero-order chi connectivity index (χ0) is 20.3. The Balaban J connectivity index is 1.81. The molecular weight excluding hydrogens is 356 g/mol. The first kappa shape index (κ1) is 19.0. The van der Waals surface area contributed by atoms with Crippen LogP contribution in [0.15, 0.2) is 53.2 Å². The molecule has 7 heteroatoms. The number of carbonyl (C=O) groups is 2. The third-order valence-electron chi connectivity index (χ3n) is 4.28. The van der Waals surface area contributed by atoms with E-state index in [-0.39, 0.29) is 23.6 Å². The number of aryl methyl sites for hydroxylation is 1. The van der Waals surface area contributed by atoms with Gasteiger partial charge in [0.25, 0.3) is 11.8 Å². The number of nitriles is 1. The van der Waals surface area contributed by atoms with Gasteiger partial charge in [0, 0.05) is 38.6 Å². The van der Waals surface area contributed by atoms with Gasteiger partial charge in [-0.05, 0) is 36.8 Å². The molecule has 0 spiro atoms. The van der Waals surface area contributed by atoms with E-state index in [2.05, 4.69) is 11.4 Å². The Morgan fingerprint density at radius 3 is 2.57 bits per heavy atom. The quantitative estimate of drug-likeness (QED) is 0.741. The summed E-state index contributed by atoms with van der Waals surface area (Å²) >= 11 is 0. The first-order chi connectivity index (χ1) is 13.4. The van der Waals surface area contributed by atoms with Crippen LogP contribution in [0.3, 0.4) is 0 Å². The fourth-order valence-corrected chi connectivity index (χ4v) is 2.90. The third kappa shape index (κ3) is 3.67. The Labute approximate surface area is 162 Å². The van der Waals surface area contributed by atoms with Gasteiger partial charge in [-0.25, -0.2) is 0 Å². The molecule has 0 aliphatic carbocycles. The number of rotatable bonds is 5. The lowest BCUT2D eigenvalue weighted by Gasteiger charge is -2.11. The number of aromatic nitrogens is 1. The zero-order valence-electron chi connectivity index (χ0n) is 15.9. The van der Waals surface area contributed by atoms with Gasteiger partial charge in [0.15, 0.2) is 0 Å². The molecule has 0 fully saturated rings. The molecule has 3 aromatic rings. The zero-order valence-corrected chi connectivity index (χ0v) is 15.9. The lowest BCUT2D eigenvalue weighted by molar-refractivity contribution is 0.0827. The van der Waals surface area contributed by atoms with Gasteiger partial charge in [-0.2, -0.15) is 5.26 Å². The Hall–Kier alpha value is -3.79. The molecule has 0 atom stereocenters. The number of amides is 2. The van der Waals surface area contributed by atoms with Crippen LogP contribution in [-0.4, -0.2) is 35.4 Å². The highest BCUT2D eigenvalue weighted by Crippen LogP contribution is 2.25. The minimum absolute atomic E-state index is 0.109. The van der Waals surface area contributed by atoms with Gasteiger partial charge in [0.1, 0.15) is 23.0 Å². The number of nitrogens with one attached hydrogen (secondary N) is 1. The van der Waals surface area contributed by atoms with Gasteiger partial charge in [0.05, 0.1) is 0 Å². The Morgan fingerprint density at radius 2 is 1.93 bits per heavy atom. The van der Waals surface area contributed by atoms with Crippen molar-refractivity contribution in [2.45, 2.75) is 13.5 Å². The molecule has 0 saturated heterocycles. The van der Waals surface area contributed by atoms with Crippen LogP contribution in [0.4, 0.5) is 0 Å². The van der Waals surface area contributed by atoms with Gasteiger partial charge >= 0.3 is 0 Å². The number of hydrogen-bond donors (Lipinski definition) is 1. The van der Waals surface area contributed by atoms with Crippen molar-refractivity contribution in [1.29, 1.82) is 5.26 Å². The summed E-state index contributed by atoms with van der Waals surface area (Å²) in [4.78, 5) is 26.3. The SMILES string of the molecule is Cc1oc(-n2cccc2)c(C#N)c1C(=O)NCc1cccc(C(=O)N(C)C)c1. The second-order valence-electron chi connectivity index (χ2n) is 6.50. The lowest BCUT2D eigenvalue weighted by atomic mass is 10.1. The molecule has 0 radical (unpaired) electrons. The molecule has 0 unspecified atom stereocenters. The predicted octanol–water partition coefficient (Wildman–Crippen LogP) is 2.88. The molecule has 0 aliphatic rings. The van der Waals surface area contributed by atoms with Crippen LogP contribution in [-0.2, 0) is 6.54 Å². The molecule has 2 amide bonds. The van der Waals surface area contributed by atoms with E-state index >= 15 is 0 Å². The van der Waals surface area contributed by atoms with Crippen molar-refractivity contribution in [3.63, 3.8) is 0 Å². The van der Waals surface area contributed by atoms with E-state index in [1.807, 2.05) is 6.07 Å². The standard InChI is InChI=1S/C21H20N4O3/c1-14-18(17(12-22)21(28-14)25-9-4-5-10-25)19(26)23-13-15-7-6-8-16(11-15)20(27)24(2)3/h4-11H,13H2,1-3H3,(H,23,26). The molecule has 3 rings (SSSR count). The van der Waals surface area contributed by atoms with Gasteiger partial charge < -0.3 is 14.6 Å². The number of hydrogen-bond acceptors (Lipinski definition) is 4. The summed E-state index contributed by atoms with van der Waals surface area (Å²) in [6.07, 6.45) is 3.49. The van der Waals surface area contributed by atoms with Crippen molar-refractivity contribution in [3.8, 4) is 12.0 Å². The van der Waals surface area contributed by atoms with Crippen LogP contribution >= 0.6 is 0 Å². The molecule has 142 valence electrons. The molecule has 2 heterocycles. The van der Waals surface area contributed by atoms with E-state index in [1.54, 1.807) is 68.3 Å². The number of carbonyl (C=O) groups excluding carboxylic acids is 2. The van der Waals surface area contributed by atoms with Crippen molar-refractivity contribution in [3.05, 3.63) is 76.8 Å². The van der Waals surface area contributed by atoms with Gasteiger partial charge in [-0.3, -0.25) is 14.2 Å². The fraction of sp³-hybridized carbons (Fsp3) is 0.190. The van der Waals surface area contributed by atoms with Crippen molar-refractivity contribution in [2.75, 3.05) is 14.1 Å². The molecule has 1 N–H and O–H groups in total. The minimum Gasteiger partial charge on any atom is -0.443 e. The van der Waals surface area contributed by atoms with Crippen LogP contribution in [0, 0.1) is 18.3 Å². The summed E-state index contributed by atoms with van der Waals surface area (Å²) in [6, 6.07) is 12.7. The predicted molar refractivity (Wildman–Crippen MR) is 103 cm³/mol. The van der Waals surface area contributed by atoms with Crippen LogP contribution in [0.5, 0.6) is 0 Å². The maximum absolute atomic E-state index is 12.7. The average Bonchev–Trinajstić information content (AvgIpc) is 3.32. The fourth-order valence-electron chi connectivity index (χ4n) is 2.90. The molecular formula is C21H20N4O3. The van der Waals surface area contributed by atoms with Crippen LogP contribution in [0.2, 0.25) is 0 Å². The second-order valence-corrected chi connectivity index (χ2v) is 6.50. The average molecular weight is 376 g/mol. The van der Waals surface area contributed by atoms with Crippen molar-refractivity contribution in [1.82, 2.24) is 14.8 Å². The maximum Gasteiger partial charge on any atom is 0.256 e. The highest BCUT2D eigenvalue weighted by atomic mass is 16.4. The monoisotopic (exact) mass is 376 g/mol. The lowest BCUT2D eigenvalue weighted by Crippen LogP contribution is -2.25. The maximum atomic E-state index is 12.7. The molecule has 2 aromatic heterocycles. The van der Waals surface area contributed by atoms with Gasteiger partial charge in [-0.1, -0.05) is 12.1 Å². The second kappa shape index (κ2) is 7.84. The first-order valence-corrected chi connectivity index (χ1v) is 8.68. The van der Waals surface area contributed by atoms with E-state index in [1.165, 1.54) is 4.90 Å². The van der Waals surface area contributed by atoms with Crippen molar-refractivity contribution < 1.29 is 14.0 Å². The van der Waals surface area contributed by atoms with Crippen LogP contribution in [0.1, 0.15) is 37.6 Å². The van der Waals surface area contributed by atoms with E-state index in [4.69, 9.17) is 4.42 Å². The molecule has 7 nitrogen and oxygen atoms in total. The third-order valence-corrected chi connectivity index (χ3v) is 4.28. The molecule has 0 aliphatic heterocycles. The van der Waals surface area contributed by atoms with Crippen LogP contribution in [0.25, 0.3) is 5.88 Å². The van der Waals surface area contributed by atoms with E-state index < -0.39 is 5.91 Å². The van der Waals surface area contributed by atoms with E-state index in [9.17, 15) is 14.9 Å². The summed E-state index contributed by atoms with van der Waals surface area (Å²) in [5.41, 5.74) is 1.73. The van der Waals surface area contributed by atoms with Gasteiger partial charge in [0.2, 0.25) is 5.88 Å². The van der Waals surface area contributed by atoms with Crippen LogP contribution < -0.4 is 5.32 Å². The topological polar surface area (TPSA) is 91.3 Å². The first-order valence-electron chi connectivity index (χ1n) is 8.68. The molecule has 28 heavy (non-hydrogen) atoms. The number of benzene rings is 1. The van der Waals surface area contributed by atoms with Gasteiger partial charge in [-0.15, -0.1) is 0 Å². The summed E-state index contributed by atoms with van der Waals surface area (Å²) in [7, 11) is 3.37. The molecule has 1 aromatic carbocycles.